The van der Waals surface area contributed by atoms with Crippen LogP contribution in [0.25, 0.3) is 22.4 Å². The fourth-order valence-electron chi connectivity index (χ4n) is 9.57. The van der Waals surface area contributed by atoms with Gasteiger partial charge in [-0.3, -0.25) is 44.0 Å². The van der Waals surface area contributed by atoms with Gasteiger partial charge in [0.05, 0.1) is 63.8 Å². The number of anilines is 3. The molecule has 4 aliphatic rings. The minimum absolute atomic E-state index is 0.0652. The zero-order valence-electron chi connectivity index (χ0n) is 37.0. The number of fused-ring (bicyclic) bond motifs is 1. The Morgan fingerprint density at radius 1 is 0.776 bits per heavy atom. The van der Waals surface area contributed by atoms with E-state index in [0.29, 0.717) is 79.3 Å². The molecule has 1 atom stereocenters. The maximum atomic E-state index is 14.0. The Bertz CT molecular complexity index is 2730. The smallest absolute Gasteiger partial charge is 0.262 e. The van der Waals surface area contributed by atoms with Crippen LogP contribution in [0.15, 0.2) is 97.5 Å². The van der Waals surface area contributed by atoms with E-state index in [1.54, 1.807) is 36.8 Å². The average molecular weight is 923 g/mol. The Morgan fingerprint density at radius 2 is 1.51 bits per heavy atom. The van der Waals surface area contributed by atoms with Gasteiger partial charge < -0.3 is 19.9 Å². The summed E-state index contributed by atoms with van der Waals surface area (Å²) in [5.74, 6) is -1.13. The van der Waals surface area contributed by atoms with Gasteiger partial charge in [0, 0.05) is 38.0 Å². The van der Waals surface area contributed by atoms with Gasteiger partial charge in [-0.2, -0.15) is 0 Å². The van der Waals surface area contributed by atoms with Crippen molar-refractivity contribution in [3.8, 4) is 28.1 Å². The predicted octanol–water partition coefficient (Wildman–Crippen LogP) is 8.16. The number of carbonyl (C=O) groups excluding carboxylic acids is 6. The highest BCUT2D eigenvalue weighted by Crippen LogP contribution is 2.44. The molecular formula is C51H51ClN8O7. The summed E-state index contributed by atoms with van der Waals surface area (Å²) < 4.78 is 5.89. The van der Waals surface area contributed by atoms with Gasteiger partial charge in [-0.1, -0.05) is 85.8 Å². The van der Waals surface area contributed by atoms with Crippen molar-refractivity contribution in [3.05, 3.63) is 114 Å². The van der Waals surface area contributed by atoms with Gasteiger partial charge in [0.2, 0.25) is 29.6 Å². The van der Waals surface area contributed by atoms with Crippen LogP contribution in [-0.2, 0) is 19.2 Å². The van der Waals surface area contributed by atoms with Crippen LogP contribution in [0, 0.1) is 5.41 Å². The van der Waals surface area contributed by atoms with Crippen molar-refractivity contribution in [1.82, 2.24) is 30.1 Å². The lowest BCUT2D eigenvalue weighted by atomic mass is 9.77. The molecule has 6 heterocycles. The van der Waals surface area contributed by atoms with Gasteiger partial charge in [0.1, 0.15) is 11.8 Å². The number of piperidine rings is 2. The van der Waals surface area contributed by atoms with Gasteiger partial charge in [0.25, 0.3) is 11.8 Å². The van der Waals surface area contributed by atoms with Crippen LogP contribution in [0.3, 0.4) is 0 Å². The van der Waals surface area contributed by atoms with Gasteiger partial charge >= 0.3 is 0 Å². The first-order valence-electron chi connectivity index (χ1n) is 23.1. The molecule has 3 aromatic carbocycles. The molecule has 1 unspecified atom stereocenters. The second-order valence-electron chi connectivity index (χ2n) is 17.6. The number of pyridine rings is 1. The Labute approximate surface area is 393 Å². The van der Waals surface area contributed by atoms with Crippen molar-refractivity contribution in [1.29, 1.82) is 0 Å². The van der Waals surface area contributed by atoms with Crippen LogP contribution in [0.2, 0.25) is 5.02 Å². The minimum atomic E-state index is -1.01. The molecule has 2 aromatic heterocycles. The molecule has 0 bridgehead atoms. The van der Waals surface area contributed by atoms with Gasteiger partial charge in [-0.25, -0.2) is 9.97 Å². The van der Waals surface area contributed by atoms with E-state index < -0.39 is 35.1 Å². The number of nitrogens with one attached hydrogen (secondary N) is 2. The van der Waals surface area contributed by atoms with Crippen LogP contribution in [-0.4, -0.2) is 92.5 Å². The van der Waals surface area contributed by atoms with Crippen molar-refractivity contribution in [2.24, 2.45) is 5.41 Å². The molecule has 0 radical (unpaired) electrons. The number of imide groups is 2. The molecule has 4 aliphatic heterocycles. The number of aromatic nitrogens is 3. The Balaban J connectivity index is 0.681. The Hall–Kier alpha value is -7.00. The average Bonchev–Trinajstić information content (AvgIpc) is 3.79. The topological polar surface area (TPSA) is 184 Å². The lowest BCUT2D eigenvalue weighted by Gasteiger charge is -2.38. The third kappa shape index (κ3) is 9.78. The summed E-state index contributed by atoms with van der Waals surface area (Å²) in [6.07, 6.45) is 13.1. The third-order valence-electron chi connectivity index (χ3n) is 13.3. The first-order valence-corrected chi connectivity index (χ1v) is 23.4. The van der Waals surface area contributed by atoms with Crippen LogP contribution >= 0.6 is 11.6 Å². The van der Waals surface area contributed by atoms with Crippen LogP contribution in [0.5, 0.6) is 5.75 Å². The second-order valence-corrected chi connectivity index (χ2v) is 18.0. The largest absolute Gasteiger partial charge is 0.494 e. The van der Waals surface area contributed by atoms with Crippen molar-refractivity contribution in [3.63, 3.8) is 0 Å². The number of nitrogens with zero attached hydrogens (tertiary/aromatic N) is 6. The lowest BCUT2D eigenvalue weighted by molar-refractivity contribution is -0.137. The molecule has 67 heavy (non-hydrogen) atoms. The summed E-state index contributed by atoms with van der Waals surface area (Å²) in [5, 5.41) is 5.88. The summed E-state index contributed by atoms with van der Waals surface area (Å²) in [5.41, 5.74) is 4.84. The number of rotatable bonds is 16. The van der Waals surface area contributed by atoms with E-state index in [1.807, 2.05) is 52.3 Å². The van der Waals surface area contributed by atoms with Crippen molar-refractivity contribution in [2.45, 2.75) is 83.1 Å². The Kier molecular flexibility index (Phi) is 13.4. The van der Waals surface area contributed by atoms with Crippen molar-refractivity contribution >= 4 is 64.4 Å². The van der Waals surface area contributed by atoms with Crippen LogP contribution < -0.4 is 20.3 Å². The molecule has 6 amide bonds. The minimum Gasteiger partial charge on any atom is -0.494 e. The van der Waals surface area contributed by atoms with E-state index in [0.717, 1.165) is 66.5 Å². The molecule has 15 nitrogen and oxygen atoms in total. The number of unbranched alkanes of at least 4 members (excludes halogenated alkanes) is 5. The number of carbonyl (C=O) groups is 6. The number of hydrogen-bond acceptors (Lipinski definition) is 11. The SMILES string of the molecule is O=C1CCC(N2C(=O)c3ccc(OCCCCCCCCC(=O)N4CCC5(CC4)CCN(c4cncc(Nc6ncc(Cl)c(-c7cccc(-c8ccccc8)c7)n6)c4)C5=O)cc3C2=O)C(=O)N1. The van der Waals surface area contributed by atoms with Gasteiger partial charge in [-0.15, -0.1) is 0 Å². The summed E-state index contributed by atoms with van der Waals surface area (Å²) in [4.78, 5) is 95.4. The number of hydrogen-bond donors (Lipinski definition) is 2. The number of amides is 6. The molecule has 2 N–H and O–H groups in total. The maximum absolute atomic E-state index is 14.0. The van der Waals surface area contributed by atoms with Crippen molar-refractivity contribution in [2.75, 3.05) is 36.5 Å². The lowest BCUT2D eigenvalue weighted by Crippen LogP contribution is -2.54. The number of likely N-dealkylation sites (tertiary alicyclic amines) is 1. The van der Waals surface area contributed by atoms with Crippen LogP contribution in [0.4, 0.5) is 17.3 Å². The molecular weight excluding hydrogens is 872 g/mol. The third-order valence-corrected chi connectivity index (χ3v) is 13.6. The normalized spacial score (nSPS) is 17.8. The molecule has 9 rings (SSSR count). The molecule has 5 aromatic rings. The highest BCUT2D eigenvalue weighted by molar-refractivity contribution is 6.33. The fraction of sp³-hybridized carbons (Fsp3) is 0.353. The number of benzene rings is 3. The molecule has 0 aliphatic carbocycles. The van der Waals surface area contributed by atoms with E-state index in [-0.39, 0.29) is 35.8 Å². The van der Waals surface area contributed by atoms with E-state index in [2.05, 4.69) is 38.8 Å². The van der Waals surface area contributed by atoms with E-state index in [1.165, 1.54) is 0 Å². The number of halogens is 1. The zero-order valence-corrected chi connectivity index (χ0v) is 37.8. The summed E-state index contributed by atoms with van der Waals surface area (Å²) in [6.45, 7) is 2.15. The molecule has 3 saturated heterocycles. The van der Waals surface area contributed by atoms with Gasteiger partial charge in [0.15, 0.2) is 0 Å². The fourth-order valence-corrected chi connectivity index (χ4v) is 9.77. The second kappa shape index (κ2) is 19.8. The zero-order chi connectivity index (χ0) is 46.5. The first-order chi connectivity index (χ1) is 32.6. The van der Waals surface area contributed by atoms with E-state index in [4.69, 9.17) is 21.3 Å². The standard InChI is InChI=1S/C51H51ClN8O7/c52-41-32-54-50(57-45(41)35-14-10-13-34(27-35)33-11-6-5-7-12-33)55-36-28-37(31-53-30-36)59-25-22-51(49(59)66)20-23-58(24-21-51)44(62)15-8-3-1-2-4-9-26-67-38-16-17-39-40(29-38)48(65)60(47(39)64)42-18-19-43(61)56-46(42)63/h5-7,10-14,16-17,27-32,42H,1-4,8-9,15,18-26H2,(H,54,55,57)(H,56,61,63). The first kappa shape index (κ1) is 45.2. The predicted molar refractivity (Wildman–Crippen MR) is 252 cm³/mol. The summed E-state index contributed by atoms with van der Waals surface area (Å²) in [6, 6.07) is 23.8. The molecule has 0 saturated carbocycles. The molecule has 3 fully saturated rings. The summed E-state index contributed by atoms with van der Waals surface area (Å²) in [7, 11) is 0. The van der Waals surface area contributed by atoms with Crippen LogP contribution in [0.1, 0.15) is 97.8 Å². The van der Waals surface area contributed by atoms with Crippen molar-refractivity contribution < 1.29 is 33.5 Å². The number of ether oxygens (including phenoxy) is 1. The highest BCUT2D eigenvalue weighted by atomic mass is 35.5. The Morgan fingerprint density at radius 3 is 2.31 bits per heavy atom. The molecule has 1 spiro atoms. The quantitative estimate of drug-likeness (QED) is 0.0719. The monoisotopic (exact) mass is 922 g/mol. The van der Waals surface area contributed by atoms with E-state index >= 15 is 0 Å². The summed E-state index contributed by atoms with van der Waals surface area (Å²) >= 11 is 6.60. The van der Waals surface area contributed by atoms with Gasteiger partial charge in [-0.05, 0) is 80.0 Å². The molecule has 344 valence electrons. The highest BCUT2D eigenvalue weighted by Gasteiger charge is 2.49. The van der Waals surface area contributed by atoms with E-state index in [9.17, 15) is 28.8 Å². The molecule has 16 heteroatoms. The maximum Gasteiger partial charge on any atom is 0.262 e.